The zero-order chi connectivity index (χ0) is 108. The number of imidazole rings is 2. The normalized spacial score (nSPS) is 15.0. The highest BCUT2D eigenvalue weighted by Gasteiger charge is 2.40. The van der Waals surface area contributed by atoms with Crippen molar-refractivity contribution in [3.8, 4) is 5.75 Å². The van der Waals surface area contributed by atoms with Crippen LogP contribution in [0.2, 0.25) is 0 Å². The number of phenols is 1. The maximum atomic E-state index is 14.6. The van der Waals surface area contributed by atoms with E-state index in [9.17, 15) is 116 Å². The number of unbranched alkanes of at least 4 members (excludes halogenated alkanes) is 1. The Balaban J connectivity index is 1.72. The fourth-order valence-corrected chi connectivity index (χ4v) is 14.3. The number of primary amides is 2. The number of nitrogens with two attached hydrogens (primary N) is 5. The van der Waals surface area contributed by atoms with Crippen LogP contribution in [-0.4, -0.2) is 301 Å². The van der Waals surface area contributed by atoms with Gasteiger partial charge in [0, 0.05) is 56.0 Å². The van der Waals surface area contributed by atoms with Crippen molar-refractivity contribution in [3.05, 3.63) is 66.3 Å². The van der Waals surface area contributed by atoms with E-state index in [0.29, 0.717) is 43.5 Å². The van der Waals surface area contributed by atoms with Gasteiger partial charge in [-0.15, -0.1) is 0 Å². The van der Waals surface area contributed by atoms with Crippen molar-refractivity contribution in [1.29, 1.82) is 5.41 Å². The zero-order valence-corrected chi connectivity index (χ0v) is 83.9. The molecule has 2 heterocycles. The Labute approximate surface area is 834 Å². The maximum absolute atomic E-state index is 14.6. The predicted octanol–water partition coefficient (Wildman–Crippen LogP) is -7.90. The second-order valence-electron chi connectivity index (χ2n) is 37.1. The molecule has 0 aliphatic rings. The molecule has 144 heavy (non-hydrogen) atoms. The van der Waals surface area contributed by atoms with E-state index in [2.05, 4.69) is 121 Å². The van der Waals surface area contributed by atoms with Crippen molar-refractivity contribution in [2.45, 2.75) is 302 Å². The molecule has 2 aromatic heterocycles. The fourth-order valence-electron chi connectivity index (χ4n) is 14.3. The highest BCUT2D eigenvalue weighted by Crippen LogP contribution is 2.19. The van der Waals surface area contributed by atoms with Gasteiger partial charge in [-0.05, 0) is 146 Å². The monoisotopic (exact) mass is 2030 g/mol. The summed E-state index contributed by atoms with van der Waals surface area (Å²) in [7, 11) is 0. The first-order valence-electron chi connectivity index (χ1n) is 47.7. The quantitative estimate of drug-likeness (QED) is 0.0142. The van der Waals surface area contributed by atoms with Crippen molar-refractivity contribution < 1.29 is 116 Å². The van der Waals surface area contributed by atoms with E-state index in [1.807, 2.05) is 0 Å². The van der Waals surface area contributed by atoms with Crippen LogP contribution in [0.4, 0.5) is 0 Å². The minimum atomic E-state index is -1.83. The number of aromatic nitrogens is 4. The number of H-pyrrole nitrogens is 2. The van der Waals surface area contributed by atoms with Crippen molar-refractivity contribution in [1.82, 2.24) is 121 Å². The van der Waals surface area contributed by atoms with Gasteiger partial charge in [-0.3, -0.25) is 106 Å². The molecule has 3 rings (SSSR count). The number of benzene rings is 1. The molecule has 0 bridgehead atoms. The molecule has 20 amide bonds. The number of rotatable bonds is 67. The fraction of sp³-hybridized carbons (Fsp3) is 0.626. The molecule has 0 fully saturated rings. The lowest BCUT2D eigenvalue weighted by Gasteiger charge is -2.29. The SMILES string of the molecule is CC[C@H](C)[C@H](NC(=O)CNC(=O)[C@H](C)NC(=O)[C@H](C)NC(=O)[C@H](Cc1cnc[nH]1)NC(=O)[C@H](CC(N)=O)NC(=O)CNC(=O)[C@H](C)NC(=O)CNC(=O)[C@H](Cc1cnc[nH]1)NC(=O)[C@H](CC(C)C)NC(=O)[C@H](CC(C)C)NC(=O)[C@H](CCC(=O)O)NC(=O)[C@H](Cc1ccc(O)cc1)NC(=O)[C@H](CC(C)C)NC(=O)[C@@H](N)CCCNC(=N)N)C(=O)N[C@@H](CC(C)C)C(=O)N[C@H](C(=O)N[C@@H](CCCCN)C(N)=O)[C@@H](C)O. The molecule has 0 saturated heterocycles. The molecule has 53 nitrogen and oxygen atoms in total. The van der Waals surface area contributed by atoms with Crippen molar-refractivity contribution >= 4 is 130 Å². The van der Waals surface area contributed by atoms with Gasteiger partial charge in [0.15, 0.2) is 5.96 Å². The molecule has 0 aliphatic carbocycles. The third-order valence-corrected chi connectivity index (χ3v) is 22.3. The maximum Gasteiger partial charge on any atom is 0.303 e. The largest absolute Gasteiger partial charge is 0.508 e. The predicted molar refractivity (Wildman–Crippen MR) is 520 cm³/mol. The number of carbonyl (C=O) groups excluding carboxylic acids is 20. The number of hydrogen-bond donors (Lipinski definition) is 30. The highest BCUT2D eigenvalue weighted by atomic mass is 16.4. The molecule has 18 atom stereocenters. The topological polar surface area (TPSA) is 859 Å². The average molecular weight is 2030 g/mol. The number of hydrogen-bond acceptors (Lipinski definition) is 28. The number of carboxylic acid groups (broad SMARTS) is 1. The molecule has 0 aliphatic heterocycles. The lowest BCUT2D eigenvalue weighted by atomic mass is 9.96. The standard InChI is InChI=1S/C91H149N29O24/c1-15-48(10)73(89(143)118-63(32-47(8)9)88(142)120-74(52(14)121)90(144)110-58(75(95)129)20-16-17-27-92)119-71(126)41-102-77(131)50(12)107-78(132)51(13)108-82(136)66(35-55-38-99-43-105-55)117-87(141)67(36-68(94)123)109-70(125)40-101-76(130)49(11)106-69(124)39-103-80(134)65(34-54-37-98-42-104-54)116-85(139)62(31-46(6)7)114-84(138)61(30-45(4)5)113-81(135)59(25-26-72(127)128)111-86(140)64(33-53-21-23-56(122)24-22-53)115-83(137)60(29-44(2)3)112-79(133)57(93)19-18-28-100-91(96)97/h21-24,37-38,42-52,57-67,73-74,121-122H,15-20,25-36,39-41,92-93H2,1-14H3,(H2,94,123)(H2,95,129)(H,98,104)(H,99,105)(H,101,130)(H,102,131)(H,103,134)(H,106,124)(H,107,132)(H,108,136)(H,109,125)(H,110,144)(H,111,140)(H,112,133)(H,113,135)(H,114,138)(H,115,137)(H,116,139)(H,117,141)(H,118,143)(H,119,126)(H,120,142)(H,127,128)(H4,96,97,100)/t48-,49-,50-,51-,52+,57-,58-,59-,60-,61-,62-,63-,64-,65-,66-,67-,73-,74-/m0/s1. The first-order chi connectivity index (χ1) is 67.6. The number of carboxylic acids is 1. The van der Waals surface area contributed by atoms with Gasteiger partial charge in [0.25, 0.3) is 0 Å². The number of guanidine groups is 1. The van der Waals surface area contributed by atoms with Gasteiger partial charge >= 0.3 is 5.97 Å². The molecule has 0 saturated carbocycles. The van der Waals surface area contributed by atoms with E-state index < -0.39 is 272 Å². The van der Waals surface area contributed by atoms with Crippen molar-refractivity contribution in [2.75, 3.05) is 32.7 Å². The van der Waals surface area contributed by atoms with Gasteiger partial charge < -0.3 is 155 Å². The number of phenolic OH excluding ortho intramolecular Hbond substituents is 1. The Bertz CT molecular complexity index is 4790. The Kier molecular flexibility index (Phi) is 54.4. The van der Waals surface area contributed by atoms with Gasteiger partial charge in [0.05, 0.1) is 50.9 Å². The average Bonchev–Trinajstić information content (AvgIpc) is 1.25. The smallest absolute Gasteiger partial charge is 0.303 e. The van der Waals surface area contributed by atoms with E-state index >= 15 is 0 Å². The van der Waals surface area contributed by atoms with Crippen molar-refractivity contribution in [3.63, 3.8) is 0 Å². The molecule has 802 valence electrons. The molecular formula is C91H149N29O24. The number of aliphatic carboxylic acids is 1. The minimum Gasteiger partial charge on any atom is -0.508 e. The number of amides is 20. The third-order valence-electron chi connectivity index (χ3n) is 22.3. The Morgan fingerprint density at radius 1 is 0.389 bits per heavy atom. The van der Waals surface area contributed by atoms with E-state index in [1.54, 1.807) is 69.2 Å². The molecular weight excluding hydrogens is 1880 g/mol. The number of aromatic amines is 2. The van der Waals surface area contributed by atoms with Gasteiger partial charge in [0.2, 0.25) is 118 Å². The first kappa shape index (κ1) is 124. The highest BCUT2D eigenvalue weighted by molar-refractivity contribution is 6.02. The van der Waals surface area contributed by atoms with Gasteiger partial charge in [-0.25, -0.2) is 9.97 Å². The molecule has 0 radical (unpaired) electrons. The number of nitrogens with one attached hydrogen (secondary N) is 22. The van der Waals surface area contributed by atoms with E-state index in [0.717, 1.165) is 0 Å². The van der Waals surface area contributed by atoms with Crippen LogP contribution in [-0.2, 0) is 120 Å². The second-order valence-corrected chi connectivity index (χ2v) is 37.1. The molecule has 3 aromatic rings. The van der Waals surface area contributed by atoms with Crippen LogP contribution in [0.1, 0.15) is 197 Å². The summed E-state index contributed by atoms with van der Waals surface area (Å²) in [5, 5.41) is 85.0. The van der Waals surface area contributed by atoms with Crippen LogP contribution in [0, 0.1) is 35.0 Å². The number of nitrogens with zero attached hydrogens (tertiary/aromatic N) is 2. The lowest BCUT2D eigenvalue weighted by Crippen LogP contribution is -2.61. The molecule has 53 heteroatoms. The summed E-state index contributed by atoms with van der Waals surface area (Å²) in [4.78, 5) is 300. The van der Waals surface area contributed by atoms with Crippen LogP contribution >= 0.6 is 0 Å². The van der Waals surface area contributed by atoms with Crippen LogP contribution in [0.5, 0.6) is 5.75 Å². The summed E-state index contributed by atoms with van der Waals surface area (Å²) in [5.74, 6) is -22.6. The number of carbonyl (C=O) groups is 21. The third kappa shape index (κ3) is 47.4. The summed E-state index contributed by atoms with van der Waals surface area (Å²) in [6, 6.07) is -17.6. The Morgan fingerprint density at radius 2 is 0.771 bits per heavy atom. The summed E-state index contributed by atoms with van der Waals surface area (Å²) in [6.07, 6.45) is 2.40. The lowest BCUT2D eigenvalue weighted by molar-refractivity contribution is -0.139. The van der Waals surface area contributed by atoms with Crippen LogP contribution in [0.15, 0.2) is 49.3 Å². The van der Waals surface area contributed by atoms with E-state index in [1.165, 1.54) is 77.0 Å². The zero-order valence-electron chi connectivity index (χ0n) is 83.9. The number of aliphatic hydroxyl groups excluding tert-OH is 1. The summed E-state index contributed by atoms with van der Waals surface area (Å²) >= 11 is 0. The Morgan fingerprint density at radius 3 is 1.22 bits per heavy atom. The van der Waals surface area contributed by atoms with E-state index in [-0.39, 0.29) is 105 Å². The van der Waals surface area contributed by atoms with Crippen molar-refractivity contribution in [2.24, 2.45) is 58.3 Å². The minimum absolute atomic E-state index is 0.0196. The molecule has 0 unspecified atom stereocenters. The second kappa shape index (κ2) is 63.4. The Hall–Kier alpha value is -14.5. The van der Waals surface area contributed by atoms with E-state index in [4.69, 9.17) is 34.1 Å². The van der Waals surface area contributed by atoms with Gasteiger partial charge in [0.1, 0.15) is 96.4 Å². The summed E-state index contributed by atoms with van der Waals surface area (Å²) in [5.41, 5.74) is 29.0. The van der Waals surface area contributed by atoms with Gasteiger partial charge in [-0.1, -0.05) is 87.8 Å². The molecule has 0 spiro atoms. The molecule has 35 N–H and O–H groups in total. The summed E-state index contributed by atoms with van der Waals surface area (Å²) in [6.45, 7) is 20.2. The van der Waals surface area contributed by atoms with Gasteiger partial charge in [-0.2, -0.15) is 0 Å². The number of aromatic hydroxyl groups is 1. The van der Waals surface area contributed by atoms with Crippen LogP contribution in [0.25, 0.3) is 0 Å². The van der Waals surface area contributed by atoms with Crippen LogP contribution < -0.4 is 130 Å². The molecule has 1 aromatic carbocycles. The van der Waals surface area contributed by atoms with Crippen LogP contribution in [0.3, 0.4) is 0 Å². The number of aliphatic hydroxyl groups is 1. The summed E-state index contributed by atoms with van der Waals surface area (Å²) < 4.78 is 0. The first-order valence-corrected chi connectivity index (χ1v) is 47.7.